The van der Waals surface area contributed by atoms with Gasteiger partial charge in [0.1, 0.15) is 10.6 Å². The molecule has 138 valence electrons. The first-order chi connectivity index (χ1) is 13.6. The first-order valence-corrected chi connectivity index (χ1v) is 9.38. The standard InChI is InChI=1S/C20H12ClN3O3S/c21-14-5-2-1-4-13(14)17(25)18-16(15-6-3-11-27-15)23-20(28-18)24-19(26)12-7-9-22-10-8-12/h1-11H,(H,23,24,26). The summed E-state index contributed by atoms with van der Waals surface area (Å²) in [6.45, 7) is 0. The quantitative estimate of drug-likeness (QED) is 0.472. The summed E-state index contributed by atoms with van der Waals surface area (Å²) in [5.74, 6) is -0.214. The first-order valence-electron chi connectivity index (χ1n) is 8.19. The number of aromatic nitrogens is 2. The summed E-state index contributed by atoms with van der Waals surface area (Å²) >= 11 is 7.25. The van der Waals surface area contributed by atoms with Crippen LogP contribution in [0.25, 0.3) is 11.5 Å². The molecule has 4 rings (SSSR count). The molecule has 0 spiro atoms. The largest absolute Gasteiger partial charge is 0.463 e. The Morgan fingerprint density at radius 2 is 1.82 bits per heavy atom. The van der Waals surface area contributed by atoms with E-state index in [0.29, 0.717) is 32.5 Å². The second-order valence-electron chi connectivity index (χ2n) is 5.67. The molecule has 4 aromatic rings. The minimum Gasteiger partial charge on any atom is -0.463 e. The average Bonchev–Trinajstić information content (AvgIpc) is 3.38. The van der Waals surface area contributed by atoms with Crippen LogP contribution in [-0.2, 0) is 0 Å². The third-order valence-corrected chi connectivity index (χ3v) is 5.17. The Kier molecular flexibility index (Phi) is 5.01. The van der Waals surface area contributed by atoms with Crippen LogP contribution in [0.15, 0.2) is 71.6 Å². The molecule has 0 aliphatic heterocycles. The Hall–Kier alpha value is -3.29. The Balaban J connectivity index is 1.73. The number of ketones is 1. The van der Waals surface area contributed by atoms with Gasteiger partial charge in [-0.2, -0.15) is 0 Å². The maximum absolute atomic E-state index is 13.1. The van der Waals surface area contributed by atoms with E-state index in [4.69, 9.17) is 16.0 Å². The highest BCUT2D eigenvalue weighted by Gasteiger charge is 2.24. The number of furan rings is 1. The topological polar surface area (TPSA) is 85.1 Å². The fraction of sp³-hybridized carbons (Fsp3) is 0. The molecule has 28 heavy (non-hydrogen) atoms. The molecule has 0 aliphatic rings. The number of hydrogen-bond donors (Lipinski definition) is 1. The average molecular weight is 410 g/mol. The molecule has 3 aromatic heterocycles. The molecule has 0 bridgehead atoms. The molecule has 0 radical (unpaired) electrons. The molecular formula is C20H12ClN3O3S. The number of benzene rings is 1. The molecule has 0 atom stereocenters. The maximum Gasteiger partial charge on any atom is 0.257 e. The van der Waals surface area contributed by atoms with Crippen molar-refractivity contribution in [1.29, 1.82) is 0 Å². The van der Waals surface area contributed by atoms with E-state index in [-0.39, 0.29) is 16.8 Å². The molecule has 3 heterocycles. The van der Waals surface area contributed by atoms with Crippen LogP contribution < -0.4 is 5.32 Å². The number of halogens is 1. The maximum atomic E-state index is 13.1. The van der Waals surface area contributed by atoms with Gasteiger partial charge in [0, 0.05) is 23.5 Å². The van der Waals surface area contributed by atoms with Crippen molar-refractivity contribution in [2.75, 3.05) is 5.32 Å². The van der Waals surface area contributed by atoms with Gasteiger partial charge in [-0.25, -0.2) is 4.98 Å². The number of nitrogens with one attached hydrogen (secondary N) is 1. The fourth-order valence-corrected chi connectivity index (χ4v) is 3.69. The second-order valence-corrected chi connectivity index (χ2v) is 7.08. The SMILES string of the molecule is O=C(Nc1nc(-c2ccco2)c(C(=O)c2ccccc2Cl)s1)c1ccncc1. The number of anilines is 1. The molecule has 0 fully saturated rings. The van der Waals surface area contributed by atoms with Crippen LogP contribution >= 0.6 is 22.9 Å². The molecule has 8 heteroatoms. The zero-order chi connectivity index (χ0) is 19.5. The summed E-state index contributed by atoms with van der Waals surface area (Å²) in [6, 6.07) is 13.4. The lowest BCUT2D eigenvalue weighted by Gasteiger charge is -2.02. The smallest absolute Gasteiger partial charge is 0.257 e. The normalized spacial score (nSPS) is 10.6. The van der Waals surface area contributed by atoms with Gasteiger partial charge >= 0.3 is 0 Å². The molecule has 0 unspecified atom stereocenters. The summed E-state index contributed by atoms with van der Waals surface area (Å²) < 4.78 is 5.42. The molecule has 1 amide bonds. The number of carbonyl (C=O) groups is 2. The van der Waals surface area contributed by atoms with E-state index >= 15 is 0 Å². The van der Waals surface area contributed by atoms with E-state index < -0.39 is 0 Å². The summed E-state index contributed by atoms with van der Waals surface area (Å²) in [5, 5.41) is 3.34. The molecule has 0 saturated heterocycles. The van der Waals surface area contributed by atoms with Gasteiger partial charge in [-0.15, -0.1) is 0 Å². The zero-order valence-electron chi connectivity index (χ0n) is 14.3. The van der Waals surface area contributed by atoms with Crippen molar-refractivity contribution < 1.29 is 14.0 Å². The number of pyridine rings is 1. The van der Waals surface area contributed by atoms with Gasteiger partial charge in [0.05, 0.1) is 11.3 Å². The summed E-state index contributed by atoms with van der Waals surface area (Å²) in [6.07, 6.45) is 4.54. The number of hydrogen-bond acceptors (Lipinski definition) is 6. The highest BCUT2D eigenvalue weighted by atomic mass is 35.5. The number of carbonyl (C=O) groups excluding carboxylic acids is 2. The Morgan fingerprint density at radius 3 is 2.54 bits per heavy atom. The van der Waals surface area contributed by atoms with Gasteiger partial charge < -0.3 is 4.42 Å². The lowest BCUT2D eigenvalue weighted by atomic mass is 10.1. The zero-order valence-corrected chi connectivity index (χ0v) is 15.8. The third-order valence-electron chi connectivity index (χ3n) is 3.87. The number of thiazole rings is 1. The molecular weight excluding hydrogens is 398 g/mol. The Bertz CT molecular complexity index is 1140. The Morgan fingerprint density at radius 1 is 1.04 bits per heavy atom. The van der Waals surface area contributed by atoms with Crippen molar-refractivity contribution in [3.63, 3.8) is 0 Å². The highest BCUT2D eigenvalue weighted by Crippen LogP contribution is 2.34. The van der Waals surface area contributed by atoms with Crippen molar-refractivity contribution in [3.8, 4) is 11.5 Å². The number of amides is 1. The minimum absolute atomic E-state index is 0.281. The van der Waals surface area contributed by atoms with Crippen molar-refractivity contribution in [2.24, 2.45) is 0 Å². The summed E-state index contributed by atoms with van der Waals surface area (Å²) in [5.41, 5.74) is 1.14. The van der Waals surface area contributed by atoms with E-state index in [9.17, 15) is 9.59 Å². The van der Waals surface area contributed by atoms with Crippen molar-refractivity contribution in [3.05, 3.63) is 88.2 Å². The Labute approximate surface area is 168 Å². The van der Waals surface area contributed by atoms with Crippen LogP contribution in [-0.4, -0.2) is 21.7 Å². The van der Waals surface area contributed by atoms with E-state index in [2.05, 4.69) is 15.3 Å². The van der Waals surface area contributed by atoms with E-state index in [1.54, 1.807) is 48.5 Å². The molecule has 6 nitrogen and oxygen atoms in total. The predicted octanol–water partition coefficient (Wildman–Crippen LogP) is 4.93. The van der Waals surface area contributed by atoms with Gasteiger partial charge in [0.15, 0.2) is 10.9 Å². The fourth-order valence-electron chi connectivity index (χ4n) is 2.55. The number of nitrogens with zero attached hydrogens (tertiary/aromatic N) is 2. The first kappa shape index (κ1) is 18.1. The van der Waals surface area contributed by atoms with Gasteiger partial charge in [0.25, 0.3) is 5.91 Å². The molecule has 0 saturated carbocycles. The molecule has 0 aliphatic carbocycles. The van der Waals surface area contributed by atoms with Gasteiger partial charge in [-0.05, 0) is 36.4 Å². The monoisotopic (exact) mass is 409 g/mol. The van der Waals surface area contributed by atoms with Crippen molar-refractivity contribution in [2.45, 2.75) is 0 Å². The van der Waals surface area contributed by atoms with E-state index in [1.165, 1.54) is 18.7 Å². The van der Waals surface area contributed by atoms with Crippen molar-refractivity contribution >= 4 is 39.8 Å². The van der Waals surface area contributed by atoms with Gasteiger partial charge in [-0.3, -0.25) is 19.9 Å². The highest BCUT2D eigenvalue weighted by molar-refractivity contribution is 7.18. The minimum atomic E-state index is -0.348. The summed E-state index contributed by atoms with van der Waals surface area (Å²) in [7, 11) is 0. The van der Waals surface area contributed by atoms with E-state index in [1.807, 2.05) is 0 Å². The van der Waals surface area contributed by atoms with Crippen LogP contribution in [0.1, 0.15) is 25.6 Å². The van der Waals surface area contributed by atoms with Gasteiger partial charge in [0.2, 0.25) is 5.78 Å². The second kappa shape index (κ2) is 7.75. The predicted molar refractivity (Wildman–Crippen MR) is 107 cm³/mol. The van der Waals surface area contributed by atoms with Gasteiger partial charge in [-0.1, -0.05) is 35.1 Å². The van der Waals surface area contributed by atoms with E-state index in [0.717, 1.165) is 11.3 Å². The van der Waals surface area contributed by atoms with Crippen LogP contribution in [0.3, 0.4) is 0 Å². The summed E-state index contributed by atoms with van der Waals surface area (Å²) in [4.78, 5) is 34.1. The van der Waals surface area contributed by atoms with Crippen LogP contribution in [0.2, 0.25) is 5.02 Å². The van der Waals surface area contributed by atoms with Crippen LogP contribution in [0, 0.1) is 0 Å². The lowest BCUT2D eigenvalue weighted by molar-refractivity contribution is 0.102. The molecule has 1 N–H and O–H groups in total. The van der Waals surface area contributed by atoms with Crippen molar-refractivity contribution in [1.82, 2.24) is 9.97 Å². The van der Waals surface area contributed by atoms with Crippen LogP contribution in [0.5, 0.6) is 0 Å². The third kappa shape index (κ3) is 3.58. The lowest BCUT2D eigenvalue weighted by Crippen LogP contribution is -2.11. The van der Waals surface area contributed by atoms with Crippen LogP contribution in [0.4, 0.5) is 5.13 Å². The number of rotatable bonds is 5. The molecule has 1 aromatic carbocycles.